The van der Waals surface area contributed by atoms with Gasteiger partial charge in [-0.05, 0) is 50.0 Å². The van der Waals surface area contributed by atoms with E-state index >= 15 is 0 Å². The van der Waals surface area contributed by atoms with Gasteiger partial charge in [0.2, 0.25) is 5.71 Å². The molecule has 0 unspecified atom stereocenters. The number of H-pyrrole nitrogens is 1. The lowest BCUT2D eigenvalue weighted by molar-refractivity contribution is -0.0517. The number of ether oxygens (including phenoxy) is 1. The molecule has 4 aliphatic rings. The van der Waals surface area contributed by atoms with Gasteiger partial charge in [0.1, 0.15) is 5.39 Å². The van der Waals surface area contributed by atoms with Crippen molar-refractivity contribution >= 4 is 16.8 Å². The summed E-state index contributed by atoms with van der Waals surface area (Å²) >= 11 is 0. The van der Waals surface area contributed by atoms with E-state index in [9.17, 15) is 9.59 Å². The zero-order chi connectivity index (χ0) is 20.7. The number of rotatable bonds is 7. The van der Waals surface area contributed by atoms with Gasteiger partial charge in [0.15, 0.2) is 0 Å². The van der Waals surface area contributed by atoms with Crippen LogP contribution in [0.3, 0.4) is 0 Å². The molecule has 2 bridgehead atoms. The Kier molecular flexibility index (Phi) is 4.97. The number of oxime groups is 1. The minimum Gasteiger partial charge on any atom is -0.403 e. The Morgan fingerprint density at radius 2 is 2.07 bits per heavy atom. The van der Waals surface area contributed by atoms with Crippen LogP contribution in [0.25, 0.3) is 11.1 Å². The Bertz CT molecular complexity index is 1090. The highest BCUT2D eigenvalue weighted by Crippen LogP contribution is 2.44. The predicted octanol–water partition coefficient (Wildman–Crippen LogP) is 3.32. The van der Waals surface area contributed by atoms with Crippen molar-refractivity contribution < 1.29 is 14.0 Å². The van der Waals surface area contributed by atoms with Gasteiger partial charge in [0, 0.05) is 25.5 Å². The lowest BCUT2D eigenvalue weighted by Gasteiger charge is -2.45. The fourth-order valence-electron chi connectivity index (χ4n) is 4.97. The average molecular weight is 413 g/mol. The van der Waals surface area contributed by atoms with Crippen LogP contribution in [0.2, 0.25) is 0 Å². The highest BCUT2D eigenvalue weighted by Gasteiger charge is 2.44. The second kappa shape index (κ2) is 7.65. The molecule has 2 heterocycles. The van der Waals surface area contributed by atoms with E-state index in [2.05, 4.69) is 15.1 Å². The summed E-state index contributed by atoms with van der Waals surface area (Å²) in [4.78, 5) is 37.0. The van der Waals surface area contributed by atoms with Gasteiger partial charge >= 0.3 is 11.6 Å². The molecule has 0 aliphatic heterocycles. The molecule has 0 saturated heterocycles. The molecule has 160 valence electrons. The number of hydrogen-bond donors (Lipinski definition) is 1. The summed E-state index contributed by atoms with van der Waals surface area (Å²) in [6.45, 7) is 0. The van der Waals surface area contributed by atoms with Crippen molar-refractivity contribution in [1.29, 1.82) is 0 Å². The SMILES string of the molecule is COC12CCC(CC1)/C(=N/Oc1nc3oc(=O)cc(CCCC4CC4)c3c(=O)[nH]1)C2. The maximum Gasteiger partial charge on any atom is 0.337 e. The standard InChI is InChI=1S/C22H27N3O5/c1-28-22-9-7-14(8-10-22)16(12-22)25-30-21-23-19(27)18-15(4-2-3-13-5-6-13)11-17(26)29-20(18)24-21/h11,13-14H,2-10,12H2,1H3,(H,23,24,27)/b25-16+. The molecule has 8 nitrogen and oxygen atoms in total. The quantitative estimate of drug-likeness (QED) is 0.698. The molecule has 2 aromatic heterocycles. The van der Waals surface area contributed by atoms with E-state index in [1.807, 2.05) is 0 Å². The van der Waals surface area contributed by atoms with Gasteiger partial charge in [-0.1, -0.05) is 24.4 Å². The summed E-state index contributed by atoms with van der Waals surface area (Å²) in [5.74, 6) is 1.18. The van der Waals surface area contributed by atoms with E-state index in [1.54, 1.807) is 7.11 Å². The molecule has 0 spiro atoms. The van der Waals surface area contributed by atoms with Crippen LogP contribution in [0, 0.1) is 11.8 Å². The third kappa shape index (κ3) is 3.80. The van der Waals surface area contributed by atoms with Gasteiger partial charge in [0.05, 0.1) is 11.3 Å². The first-order valence-electron chi connectivity index (χ1n) is 10.9. The van der Waals surface area contributed by atoms with Gasteiger partial charge in [-0.3, -0.25) is 9.78 Å². The minimum atomic E-state index is -0.508. The first kappa shape index (κ1) is 19.5. The lowest BCUT2D eigenvalue weighted by atomic mass is 9.66. The zero-order valence-electron chi connectivity index (χ0n) is 17.2. The Morgan fingerprint density at radius 3 is 2.80 bits per heavy atom. The van der Waals surface area contributed by atoms with Gasteiger partial charge in [0.25, 0.3) is 5.56 Å². The smallest absolute Gasteiger partial charge is 0.337 e. The number of methoxy groups -OCH3 is 1. The van der Waals surface area contributed by atoms with E-state index in [0.717, 1.165) is 56.6 Å². The summed E-state index contributed by atoms with van der Waals surface area (Å²) < 4.78 is 10.9. The van der Waals surface area contributed by atoms with Crippen LogP contribution in [0.4, 0.5) is 0 Å². The molecule has 0 atom stereocenters. The number of nitrogens with one attached hydrogen (secondary N) is 1. The summed E-state index contributed by atoms with van der Waals surface area (Å²) in [5, 5.41) is 4.60. The third-order valence-corrected chi connectivity index (χ3v) is 6.98. The number of aryl methyl sites for hydroxylation is 1. The molecule has 1 N–H and O–H groups in total. The van der Waals surface area contributed by atoms with Crippen molar-refractivity contribution in [3.63, 3.8) is 0 Å². The molecule has 2 aromatic rings. The Labute approximate surface area is 173 Å². The monoisotopic (exact) mass is 413 g/mol. The van der Waals surface area contributed by atoms with Crippen LogP contribution in [-0.4, -0.2) is 28.4 Å². The van der Waals surface area contributed by atoms with Crippen molar-refractivity contribution in [1.82, 2.24) is 9.97 Å². The number of fused-ring (bicyclic) bond motifs is 4. The maximum atomic E-state index is 12.7. The zero-order valence-corrected chi connectivity index (χ0v) is 17.2. The molecular formula is C22H27N3O5. The van der Waals surface area contributed by atoms with Gasteiger partial charge in [-0.2, -0.15) is 4.98 Å². The van der Waals surface area contributed by atoms with Crippen LogP contribution in [0.15, 0.2) is 25.2 Å². The fourth-order valence-corrected chi connectivity index (χ4v) is 4.97. The minimum absolute atomic E-state index is 0.00129. The Morgan fingerprint density at radius 1 is 1.27 bits per heavy atom. The van der Waals surface area contributed by atoms with E-state index in [-0.39, 0.29) is 22.9 Å². The van der Waals surface area contributed by atoms with Gasteiger partial charge < -0.3 is 14.0 Å². The van der Waals surface area contributed by atoms with Crippen molar-refractivity contribution in [2.75, 3.05) is 7.11 Å². The molecule has 0 aromatic carbocycles. The molecular weight excluding hydrogens is 386 g/mol. The van der Waals surface area contributed by atoms with E-state index in [4.69, 9.17) is 14.0 Å². The van der Waals surface area contributed by atoms with Gasteiger partial charge in [-0.15, -0.1) is 0 Å². The second-order valence-corrected chi connectivity index (χ2v) is 8.99. The van der Waals surface area contributed by atoms with Crippen molar-refractivity contribution in [2.24, 2.45) is 17.0 Å². The maximum absolute atomic E-state index is 12.7. The summed E-state index contributed by atoms with van der Waals surface area (Å²) in [5.41, 5.74) is 0.585. The third-order valence-electron chi connectivity index (χ3n) is 6.98. The summed E-state index contributed by atoms with van der Waals surface area (Å²) in [6.07, 6.45) is 10.1. The van der Waals surface area contributed by atoms with Gasteiger partial charge in [-0.25, -0.2) is 4.79 Å². The predicted molar refractivity (Wildman–Crippen MR) is 111 cm³/mol. The summed E-state index contributed by atoms with van der Waals surface area (Å²) in [7, 11) is 1.75. The van der Waals surface area contributed by atoms with E-state index in [1.165, 1.54) is 18.9 Å². The summed E-state index contributed by atoms with van der Waals surface area (Å²) in [6, 6.07) is 1.33. The Hall–Kier alpha value is -2.48. The molecule has 4 aliphatic carbocycles. The average Bonchev–Trinajstić information content (AvgIpc) is 3.57. The van der Waals surface area contributed by atoms with E-state index in [0.29, 0.717) is 23.3 Å². The topological polar surface area (TPSA) is 107 Å². The number of aromatic amines is 1. The number of aromatic nitrogens is 2. The largest absolute Gasteiger partial charge is 0.403 e. The fraction of sp³-hybridized carbons (Fsp3) is 0.636. The molecule has 8 heteroatoms. The van der Waals surface area contributed by atoms with Crippen LogP contribution in [0.1, 0.15) is 63.4 Å². The first-order chi connectivity index (χ1) is 14.5. The number of nitrogens with zero attached hydrogens (tertiary/aromatic N) is 2. The van der Waals surface area contributed by atoms with Crippen molar-refractivity contribution in [3.05, 3.63) is 32.4 Å². The highest BCUT2D eigenvalue weighted by atomic mass is 16.6. The molecule has 30 heavy (non-hydrogen) atoms. The Balaban J connectivity index is 1.39. The molecule has 0 radical (unpaired) electrons. The van der Waals surface area contributed by atoms with Crippen molar-refractivity contribution in [3.8, 4) is 6.01 Å². The first-order valence-corrected chi connectivity index (χ1v) is 10.9. The molecule has 4 fully saturated rings. The van der Waals surface area contributed by atoms with Crippen LogP contribution in [-0.2, 0) is 11.2 Å². The molecule has 4 saturated carbocycles. The highest BCUT2D eigenvalue weighted by molar-refractivity contribution is 5.89. The van der Waals surface area contributed by atoms with Crippen LogP contribution in [0.5, 0.6) is 6.01 Å². The van der Waals surface area contributed by atoms with Crippen LogP contribution >= 0.6 is 0 Å². The normalized spacial score (nSPS) is 27.1. The second-order valence-electron chi connectivity index (χ2n) is 8.99. The molecule has 6 rings (SSSR count). The number of hydrogen-bond acceptors (Lipinski definition) is 7. The van der Waals surface area contributed by atoms with Crippen molar-refractivity contribution in [2.45, 2.75) is 69.8 Å². The lowest BCUT2D eigenvalue weighted by Crippen LogP contribution is -2.47. The van der Waals surface area contributed by atoms with Crippen LogP contribution < -0.4 is 16.0 Å². The molecule has 0 amide bonds. The van der Waals surface area contributed by atoms with E-state index < -0.39 is 5.63 Å².